The highest BCUT2D eigenvalue weighted by atomic mass is 35.6. The summed E-state index contributed by atoms with van der Waals surface area (Å²) in [5.74, 6) is -0.663. The monoisotopic (exact) mass is 772 g/mol. The maximum Gasteiger partial charge on any atom is 0.272 e. The van der Waals surface area contributed by atoms with Crippen molar-refractivity contribution in [2.45, 2.75) is 133 Å². The quantitative estimate of drug-likeness (QED) is 0.0786. The Kier molecular flexibility index (Phi) is 18.8. The van der Waals surface area contributed by atoms with Crippen molar-refractivity contribution in [2.24, 2.45) is 0 Å². The van der Waals surface area contributed by atoms with Crippen molar-refractivity contribution in [3.8, 4) is 11.1 Å². The van der Waals surface area contributed by atoms with E-state index >= 15 is 0 Å². The number of carbonyl (C=O) groups is 1. The van der Waals surface area contributed by atoms with Crippen LogP contribution in [-0.2, 0) is 27.4 Å². The summed E-state index contributed by atoms with van der Waals surface area (Å²) in [5.41, 5.74) is 5.82. The fraction of sp³-hybridized carbons (Fsp3) is 0.558. The third-order valence-electron chi connectivity index (χ3n) is 9.86. The molecular formula is C43H59Cl3N2O4. The summed E-state index contributed by atoms with van der Waals surface area (Å²) < 4.78 is 11.6. The first-order chi connectivity index (χ1) is 25.2. The van der Waals surface area contributed by atoms with Gasteiger partial charge in [0.15, 0.2) is 6.29 Å². The molecule has 9 heteroatoms. The van der Waals surface area contributed by atoms with Crippen LogP contribution in [-0.4, -0.2) is 45.4 Å². The molecule has 4 rings (SSSR count). The van der Waals surface area contributed by atoms with Crippen molar-refractivity contribution >= 4 is 40.7 Å². The van der Waals surface area contributed by atoms with Crippen molar-refractivity contribution in [3.63, 3.8) is 0 Å². The lowest BCUT2D eigenvalue weighted by molar-refractivity contribution is -0.253. The first kappa shape index (κ1) is 42.6. The Balaban J connectivity index is 1.51. The van der Waals surface area contributed by atoms with Crippen molar-refractivity contribution in [1.29, 1.82) is 0 Å². The van der Waals surface area contributed by atoms with Crippen LogP contribution in [0.1, 0.15) is 132 Å². The van der Waals surface area contributed by atoms with E-state index < -0.39 is 16.0 Å². The van der Waals surface area contributed by atoms with Crippen LogP contribution in [0.15, 0.2) is 72.8 Å². The van der Waals surface area contributed by atoms with Gasteiger partial charge in [0.05, 0.1) is 18.8 Å². The molecule has 1 heterocycles. The number of aliphatic hydroxyl groups is 1. The first-order valence-electron chi connectivity index (χ1n) is 19.5. The molecule has 3 aromatic rings. The Hall–Kier alpha value is -2.16. The summed E-state index contributed by atoms with van der Waals surface area (Å²) >= 11 is 17.2. The molecule has 1 saturated heterocycles. The lowest BCUT2D eigenvalue weighted by atomic mass is 9.98. The maximum absolute atomic E-state index is 12.1. The molecule has 1 aliphatic rings. The summed E-state index contributed by atoms with van der Waals surface area (Å²) in [7, 11) is 0. The van der Waals surface area contributed by atoms with Gasteiger partial charge in [-0.15, -0.1) is 0 Å². The Bertz CT molecular complexity index is 1450. The molecule has 0 spiro atoms. The number of hydrogen-bond donors (Lipinski definition) is 2. The van der Waals surface area contributed by atoms with Gasteiger partial charge >= 0.3 is 0 Å². The summed E-state index contributed by atoms with van der Waals surface area (Å²) in [5, 5.41) is 12.3. The second-order valence-corrected chi connectivity index (χ2v) is 16.5. The van der Waals surface area contributed by atoms with E-state index in [-0.39, 0.29) is 25.4 Å². The number of hydrogen-bond acceptors (Lipinski definition) is 5. The molecule has 6 nitrogen and oxygen atoms in total. The van der Waals surface area contributed by atoms with Gasteiger partial charge in [-0.1, -0.05) is 174 Å². The van der Waals surface area contributed by atoms with Crippen LogP contribution in [0, 0.1) is 0 Å². The third-order valence-corrected chi connectivity index (χ3v) is 10.4. The standard InChI is InChI=1S/C43H59Cl3N2O4/c1-3-5-7-9-11-13-25-48(26-14-12-10-8-6-4-2)31-39-29-40(35-23-21-33(32-49)22-24-35)52-41(51-39)38-20-16-19-37(28-38)36-18-15-17-34(27-36)30-47-42(50)43(44,45)46/h15-24,27-28,39-41,49H,3-14,25-26,29-32H2,1-2H3,(H,47,50)/t39-,40+,41+/m0/s1. The second-order valence-electron chi connectivity index (χ2n) is 14.2. The van der Waals surface area contributed by atoms with E-state index in [4.69, 9.17) is 44.3 Å². The lowest BCUT2D eigenvalue weighted by Crippen LogP contribution is -2.40. The molecule has 1 aliphatic heterocycles. The van der Waals surface area contributed by atoms with Crippen LogP contribution in [0.2, 0.25) is 0 Å². The summed E-state index contributed by atoms with van der Waals surface area (Å²) in [6, 6.07) is 24.3. The molecule has 0 unspecified atom stereocenters. The van der Waals surface area contributed by atoms with Gasteiger partial charge in [0.2, 0.25) is 0 Å². The van der Waals surface area contributed by atoms with Crippen LogP contribution >= 0.6 is 34.8 Å². The smallest absolute Gasteiger partial charge is 0.272 e. The average molecular weight is 774 g/mol. The molecule has 0 aliphatic carbocycles. The normalized spacial score (nSPS) is 17.8. The first-order valence-corrected chi connectivity index (χ1v) is 20.6. The zero-order valence-corrected chi connectivity index (χ0v) is 33.4. The maximum atomic E-state index is 12.1. The van der Waals surface area contributed by atoms with E-state index in [1.165, 1.54) is 77.0 Å². The molecule has 0 bridgehead atoms. The number of ether oxygens (including phenoxy) is 2. The summed E-state index contributed by atoms with van der Waals surface area (Å²) in [6.07, 6.45) is 15.5. The molecule has 3 atom stereocenters. The number of carbonyl (C=O) groups excluding carboxylic acids is 1. The Morgan fingerprint density at radius 1 is 0.750 bits per heavy atom. The van der Waals surface area contributed by atoms with Gasteiger partial charge in [0.1, 0.15) is 0 Å². The van der Waals surface area contributed by atoms with Gasteiger partial charge in [-0.2, -0.15) is 0 Å². The highest BCUT2D eigenvalue weighted by molar-refractivity contribution is 6.76. The number of alkyl halides is 3. The number of rotatable bonds is 22. The second kappa shape index (κ2) is 22.9. The van der Waals surface area contributed by atoms with E-state index in [2.05, 4.69) is 54.4 Å². The molecule has 1 fully saturated rings. The minimum atomic E-state index is -2.01. The number of amides is 1. The van der Waals surface area contributed by atoms with Gasteiger partial charge in [-0.3, -0.25) is 4.79 Å². The van der Waals surface area contributed by atoms with Gasteiger partial charge < -0.3 is 24.8 Å². The van der Waals surface area contributed by atoms with E-state index in [9.17, 15) is 9.90 Å². The van der Waals surface area contributed by atoms with Crippen LogP contribution in [0.5, 0.6) is 0 Å². The van der Waals surface area contributed by atoms with Crippen LogP contribution in [0.25, 0.3) is 11.1 Å². The number of nitrogens with one attached hydrogen (secondary N) is 1. The average Bonchev–Trinajstić information content (AvgIpc) is 3.16. The fourth-order valence-corrected chi connectivity index (χ4v) is 7.06. The van der Waals surface area contributed by atoms with Gasteiger partial charge in [0, 0.05) is 25.1 Å². The van der Waals surface area contributed by atoms with Gasteiger partial charge in [-0.05, 0) is 65.9 Å². The highest BCUT2D eigenvalue weighted by Gasteiger charge is 2.33. The number of aliphatic hydroxyl groups excluding tert-OH is 1. The third kappa shape index (κ3) is 14.6. The van der Waals surface area contributed by atoms with Gasteiger partial charge in [-0.25, -0.2) is 0 Å². The highest BCUT2D eigenvalue weighted by Crippen LogP contribution is 2.39. The molecule has 2 N–H and O–H groups in total. The fourth-order valence-electron chi connectivity index (χ4n) is 6.86. The Morgan fingerprint density at radius 2 is 1.35 bits per heavy atom. The van der Waals surface area contributed by atoms with Crippen molar-refractivity contribution < 1.29 is 19.4 Å². The zero-order chi connectivity index (χ0) is 37.2. The number of unbranched alkanes of at least 4 members (excludes halogenated alkanes) is 10. The van der Waals surface area contributed by atoms with Crippen molar-refractivity contribution in [2.75, 3.05) is 19.6 Å². The molecule has 0 saturated carbocycles. The topological polar surface area (TPSA) is 71.0 Å². The van der Waals surface area contributed by atoms with Crippen molar-refractivity contribution in [3.05, 3.63) is 95.1 Å². The minimum Gasteiger partial charge on any atom is -0.392 e. The SMILES string of the molecule is CCCCCCCCN(CCCCCCCC)C[C@@H]1C[C@H](c2ccc(CO)cc2)O[C@H](c2cccc(-c3cccc(CNC(=O)C(Cl)(Cl)Cl)c3)c2)O1. The van der Waals surface area contributed by atoms with Crippen LogP contribution in [0.3, 0.4) is 0 Å². The molecule has 0 aromatic heterocycles. The van der Waals surface area contributed by atoms with E-state index in [0.717, 1.165) is 59.4 Å². The van der Waals surface area contributed by atoms with E-state index in [0.29, 0.717) is 0 Å². The lowest BCUT2D eigenvalue weighted by Gasteiger charge is -2.38. The summed E-state index contributed by atoms with van der Waals surface area (Å²) in [6.45, 7) is 7.85. The number of halogens is 3. The molecule has 0 radical (unpaired) electrons. The van der Waals surface area contributed by atoms with E-state index in [1.807, 2.05) is 42.5 Å². The molecule has 286 valence electrons. The van der Waals surface area contributed by atoms with Gasteiger partial charge in [0.25, 0.3) is 9.70 Å². The van der Waals surface area contributed by atoms with E-state index in [1.54, 1.807) is 0 Å². The molecule has 1 amide bonds. The number of benzene rings is 3. The zero-order valence-electron chi connectivity index (χ0n) is 31.1. The van der Waals surface area contributed by atoms with Crippen molar-refractivity contribution in [1.82, 2.24) is 10.2 Å². The molecular weight excluding hydrogens is 715 g/mol. The van der Waals surface area contributed by atoms with Crippen LogP contribution in [0.4, 0.5) is 0 Å². The Morgan fingerprint density at radius 3 is 1.96 bits per heavy atom. The minimum absolute atomic E-state index is 0.00466. The molecule has 52 heavy (non-hydrogen) atoms. The molecule has 3 aromatic carbocycles. The predicted octanol–water partition coefficient (Wildman–Crippen LogP) is 11.4. The predicted molar refractivity (Wildman–Crippen MR) is 216 cm³/mol. The van der Waals surface area contributed by atoms with Crippen LogP contribution < -0.4 is 5.32 Å². The number of nitrogens with zero attached hydrogens (tertiary/aromatic N) is 1. The Labute approximate surface area is 327 Å². The summed E-state index contributed by atoms with van der Waals surface area (Å²) in [4.78, 5) is 14.8. The largest absolute Gasteiger partial charge is 0.392 e.